The molecule has 2 aromatic heterocycles. The van der Waals surface area contributed by atoms with Crippen molar-refractivity contribution in [2.75, 3.05) is 14.2 Å². The van der Waals surface area contributed by atoms with Gasteiger partial charge in [0, 0.05) is 5.56 Å². The van der Waals surface area contributed by atoms with Gasteiger partial charge in [-0.25, -0.2) is 9.50 Å². The number of carbonyl (C=O) groups is 1. The number of hydrogen-bond acceptors (Lipinski definition) is 5. The molecule has 4 rings (SSSR count). The van der Waals surface area contributed by atoms with Gasteiger partial charge in [0.2, 0.25) is 0 Å². The molecular formula is C25H23F3N4O3. The van der Waals surface area contributed by atoms with Crippen molar-refractivity contribution in [1.82, 2.24) is 19.9 Å². The highest BCUT2D eigenvalue weighted by Crippen LogP contribution is 2.35. The van der Waals surface area contributed by atoms with Crippen LogP contribution in [0.15, 0.2) is 54.7 Å². The lowest BCUT2D eigenvalue weighted by Gasteiger charge is -2.15. The van der Waals surface area contributed by atoms with Crippen molar-refractivity contribution in [3.05, 3.63) is 77.1 Å². The fraction of sp³-hybridized carbons (Fsp3) is 0.240. The van der Waals surface area contributed by atoms with E-state index >= 15 is 0 Å². The summed E-state index contributed by atoms with van der Waals surface area (Å²) in [5.41, 5.74) is 0.952. The lowest BCUT2D eigenvalue weighted by molar-refractivity contribution is -0.142. The normalized spacial score (nSPS) is 12.4. The number of rotatable bonds is 6. The summed E-state index contributed by atoms with van der Waals surface area (Å²) in [5.74, 6) is 0.166. The summed E-state index contributed by atoms with van der Waals surface area (Å²) in [6, 6.07) is 12.8. The van der Waals surface area contributed by atoms with Crippen LogP contribution in [-0.2, 0) is 6.18 Å². The summed E-state index contributed by atoms with van der Waals surface area (Å²) < 4.78 is 52.9. The Morgan fingerprint density at radius 1 is 1.03 bits per heavy atom. The van der Waals surface area contributed by atoms with Crippen LogP contribution in [0.25, 0.3) is 16.9 Å². The van der Waals surface area contributed by atoms with Gasteiger partial charge in [-0.1, -0.05) is 29.8 Å². The summed E-state index contributed by atoms with van der Waals surface area (Å²) in [6.07, 6.45) is -3.64. The van der Waals surface area contributed by atoms with Crippen LogP contribution < -0.4 is 14.8 Å². The number of nitrogens with one attached hydrogen (secondary N) is 1. The van der Waals surface area contributed by atoms with Crippen LogP contribution in [0, 0.1) is 6.92 Å². The van der Waals surface area contributed by atoms with Crippen molar-refractivity contribution in [3.63, 3.8) is 0 Å². The zero-order valence-electron chi connectivity index (χ0n) is 19.5. The van der Waals surface area contributed by atoms with E-state index in [1.165, 1.54) is 20.3 Å². The predicted octanol–water partition coefficient (Wildman–Crippen LogP) is 5.23. The molecule has 35 heavy (non-hydrogen) atoms. The molecule has 2 aromatic carbocycles. The number of ether oxygens (including phenoxy) is 2. The van der Waals surface area contributed by atoms with E-state index in [0.717, 1.165) is 23.4 Å². The second-order valence-electron chi connectivity index (χ2n) is 7.99. The van der Waals surface area contributed by atoms with Crippen LogP contribution in [0.2, 0.25) is 0 Å². The average molecular weight is 484 g/mol. The highest BCUT2D eigenvalue weighted by Gasteiger charge is 2.36. The fourth-order valence-corrected chi connectivity index (χ4v) is 3.68. The van der Waals surface area contributed by atoms with E-state index in [1.807, 2.05) is 31.2 Å². The molecule has 0 radical (unpaired) electrons. The Balaban J connectivity index is 1.79. The highest BCUT2D eigenvalue weighted by atomic mass is 19.4. The summed E-state index contributed by atoms with van der Waals surface area (Å²) >= 11 is 0. The fourth-order valence-electron chi connectivity index (χ4n) is 3.68. The Kier molecular flexibility index (Phi) is 6.38. The average Bonchev–Trinajstić information content (AvgIpc) is 3.26. The van der Waals surface area contributed by atoms with Crippen LogP contribution in [0.3, 0.4) is 0 Å². The quantitative estimate of drug-likeness (QED) is 0.406. The van der Waals surface area contributed by atoms with Gasteiger partial charge in [-0.3, -0.25) is 4.79 Å². The van der Waals surface area contributed by atoms with Crippen LogP contribution in [0.5, 0.6) is 11.5 Å². The molecule has 0 aliphatic heterocycles. The number of halogens is 3. The molecule has 2 heterocycles. The maximum Gasteiger partial charge on any atom is 0.433 e. The summed E-state index contributed by atoms with van der Waals surface area (Å²) in [4.78, 5) is 17.4. The predicted molar refractivity (Wildman–Crippen MR) is 124 cm³/mol. The van der Waals surface area contributed by atoms with Gasteiger partial charge in [0.1, 0.15) is 5.56 Å². The zero-order chi connectivity index (χ0) is 25.3. The number of alkyl halides is 3. The number of hydrogen-bond donors (Lipinski definition) is 1. The minimum Gasteiger partial charge on any atom is -0.493 e. The van der Waals surface area contributed by atoms with Gasteiger partial charge in [0.25, 0.3) is 5.91 Å². The van der Waals surface area contributed by atoms with Crippen molar-refractivity contribution in [2.45, 2.75) is 26.1 Å². The number of aryl methyl sites for hydroxylation is 1. The van der Waals surface area contributed by atoms with E-state index in [9.17, 15) is 18.0 Å². The van der Waals surface area contributed by atoms with Gasteiger partial charge in [-0.15, -0.1) is 0 Å². The molecule has 1 unspecified atom stereocenters. The summed E-state index contributed by atoms with van der Waals surface area (Å²) in [7, 11) is 2.88. The smallest absolute Gasteiger partial charge is 0.433 e. The minimum atomic E-state index is -4.73. The molecule has 0 spiro atoms. The SMILES string of the molecule is COc1ccc(-c2cc(C(F)(F)F)n3ncc(C(=O)NC(C)c4ccc(C)cc4)c3n2)cc1OC. The van der Waals surface area contributed by atoms with E-state index in [0.29, 0.717) is 21.6 Å². The van der Waals surface area contributed by atoms with Crippen molar-refractivity contribution >= 4 is 11.6 Å². The molecule has 1 atom stereocenters. The van der Waals surface area contributed by atoms with Gasteiger partial charge >= 0.3 is 6.18 Å². The lowest BCUT2D eigenvalue weighted by Crippen LogP contribution is -2.26. The van der Waals surface area contributed by atoms with Crippen molar-refractivity contribution in [3.8, 4) is 22.8 Å². The second-order valence-corrected chi connectivity index (χ2v) is 7.99. The number of methoxy groups -OCH3 is 2. The van der Waals surface area contributed by atoms with Crippen molar-refractivity contribution < 1.29 is 27.4 Å². The van der Waals surface area contributed by atoms with Gasteiger partial charge < -0.3 is 14.8 Å². The van der Waals surface area contributed by atoms with Crippen molar-refractivity contribution in [2.24, 2.45) is 0 Å². The lowest BCUT2D eigenvalue weighted by atomic mass is 10.1. The van der Waals surface area contributed by atoms with E-state index in [1.54, 1.807) is 19.1 Å². The molecule has 0 aliphatic carbocycles. The molecule has 0 aliphatic rings. The third-order valence-corrected chi connectivity index (χ3v) is 5.61. The maximum absolute atomic E-state index is 13.9. The summed E-state index contributed by atoms with van der Waals surface area (Å²) in [5, 5.41) is 6.63. The Labute approximate surface area is 199 Å². The third kappa shape index (κ3) is 4.77. The second kappa shape index (κ2) is 9.28. The van der Waals surface area contributed by atoms with Gasteiger partial charge in [0.15, 0.2) is 22.8 Å². The number of carbonyl (C=O) groups excluding carboxylic acids is 1. The monoisotopic (exact) mass is 484 g/mol. The Morgan fingerprint density at radius 2 is 1.71 bits per heavy atom. The Bertz CT molecular complexity index is 1380. The Hall–Kier alpha value is -4.08. The first kappa shape index (κ1) is 24.1. The van der Waals surface area contributed by atoms with Gasteiger partial charge in [0.05, 0.1) is 32.2 Å². The molecule has 0 saturated carbocycles. The molecule has 7 nitrogen and oxygen atoms in total. The molecule has 0 saturated heterocycles. The number of amides is 1. The minimum absolute atomic E-state index is 0.00640. The topological polar surface area (TPSA) is 77.8 Å². The molecule has 182 valence electrons. The molecule has 4 aromatic rings. The molecule has 1 N–H and O–H groups in total. The first-order valence-electron chi connectivity index (χ1n) is 10.7. The third-order valence-electron chi connectivity index (χ3n) is 5.61. The van der Waals surface area contributed by atoms with E-state index in [2.05, 4.69) is 15.4 Å². The first-order valence-corrected chi connectivity index (χ1v) is 10.7. The van der Waals surface area contributed by atoms with Gasteiger partial charge in [-0.05, 0) is 43.7 Å². The number of nitrogens with zero attached hydrogens (tertiary/aromatic N) is 3. The van der Waals surface area contributed by atoms with Gasteiger partial charge in [-0.2, -0.15) is 18.3 Å². The number of benzene rings is 2. The molecule has 10 heteroatoms. The maximum atomic E-state index is 13.9. The number of fused-ring (bicyclic) bond motifs is 1. The highest BCUT2D eigenvalue weighted by molar-refractivity contribution is 6.00. The number of aromatic nitrogens is 3. The zero-order valence-corrected chi connectivity index (χ0v) is 19.5. The van der Waals surface area contributed by atoms with Crippen LogP contribution in [0.4, 0.5) is 13.2 Å². The standard InChI is InChI=1S/C25H23F3N4O3/c1-14-5-7-16(8-6-14)15(2)30-24(33)18-13-29-32-22(25(26,27)28)12-19(31-23(18)32)17-9-10-20(34-3)21(11-17)35-4/h5-13,15H,1-4H3,(H,30,33). The largest absolute Gasteiger partial charge is 0.493 e. The van der Waals surface area contributed by atoms with E-state index in [4.69, 9.17) is 9.47 Å². The summed E-state index contributed by atoms with van der Waals surface area (Å²) in [6.45, 7) is 3.74. The van der Waals surface area contributed by atoms with E-state index in [-0.39, 0.29) is 22.9 Å². The molecule has 1 amide bonds. The molecule has 0 fully saturated rings. The molecular weight excluding hydrogens is 461 g/mol. The molecule has 0 bridgehead atoms. The van der Waals surface area contributed by atoms with E-state index < -0.39 is 17.8 Å². The van der Waals surface area contributed by atoms with Crippen LogP contribution in [-0.4, -0.2) is 34.7 Å². The Morgan fingerprint density at radius 3 is 2.34 bits per heavy atom. The van der Waals surface area contributed by atoms with Crippen molar-refractivity contribution in [1.29, 1.82) is 0 Å². The van der Waals surface area contributed by atoms with Crippen LogP contribution >= 0.6 is 0 Å². The first-order chi connectivity index (χ1) is 16.6. The van der Waals surface area contributed by atoms with Crippen LogP contribution in [0.1, 0.15) is 40.1 Å².